The quantitative estimate of drug-likeness (QED) is 0.674. The summed E-state index contributed by atoms with van der Waals surface area (Å²) in [5.74, 6) is 0. The van der Waals surface area contributed by atoms with Crippen molar-refractivity contribution in [1.29, 1.82) is 0 Å². The Balaban J connectivity index is 2.54. The summed E-state index contributed by atoms with van der Waals surface area (Å²) in [7, 11) is 0. The molecule has 0 spiro atoms. The summed E-state index contributed by atoms with van der Waals surface area (Å²) >= 11 is 1.68. The zero-order valence-corrected chi connectivity index (χ0v) is 10.9. The number of rotatable bonds is 4. The second kappa shape index (κ2) is 5.85. The van der Waals surface area contributed by atoms with Crippen LogP contribution in [0.2, 0.25) is 0 Å². The molecule has 1 N–H and O–H groups in total. The van der Waals surface area contributed by atoms with Crippen molar-refractivity contribution in [2.45, 2.75) is 11.5 Å². The maximum Gasteiger partial charge on any atom is 0.150 e. The second-order valence-corrected chi connectivity index (χ2v) is 4.74. The average molecular weight is 258 g/mol. The third-order valence-electron chi connectivity index (χ3n) is 2.86. The standard InChI is InChI=1S/C15H14O2S/c1-18-15-5-3-2-4-14(15)11-6-7-12(9-16)13(8-11)10-17/h2-8,10,16H,9H2,1H3. The Morgan fingerprint density at radius 2 is 2.00 bits per heavy atom. The number of hydrogen-bond acceptors (Lipinski definition) is 3. The van der Waals surface area contributed by atoms with E-state index in [0.717, 1.165) is 17.4 Å². The van der Waals surface area contributed by atoms with Crippen molar-refractivity contribution < 1.29 is 9.90 Å². The maximum atomic E-state index is 11.0. The lowest BCUT2D eigenvalue weighted by atomic mass is 10.00. The Morgan fingerprint density at radius 1 is 1.22 bits per heavy atom. The summed E-state index contributed by atoms with van der Waals surface area (Å²) in [6.45, 7) is -0.113. The highest BCUT2D eigenvalue weighted by molar-refractivity contribution is 7.98. The van der Waals surface area contributed by atoms with E-state index in [0.29, 0.717) is 11.1 Å². The Hall–Kier alpha value is -1.58. The first-order valence-electron chi connectivity index (χ1n) is 5.62. The third-order valence-corrected chi connectivity index (χ3v) is 3.66. The summed E-state index contributed by atoms with van der Waals surface area (Å²) in [6.07, 6.45) is 2.82. The predicted molar refractivity (Wildman–Crippen MR) is 75.0 cm³/mol. The van der Waals surface area contributed by atoms with E-state index < -0.39 is 0 Å². The molecule has 0 aromatic heterocycles. The zero-order valence-electron chi connectivity index (χ0n) is 10.1. The van der Waals surface area contributed by atoms with Crippen LogP contribution in [0.25, 0.3) is 11.1 Å². The van der Waals surface area contributed by atoms with Gasteiger partial charge in [0.05, 0.1) is 6.61 Å². The number of aliphatic hydroxyl groups is 1. The molecule has 0 radical (unpaired) electrons. The minimum absolute atomic E-state index is 0.113. The van der Waals surface area contributed by atoms with Crippen LogP contribution in [0.15, 0.2) is 47.4 Å². The van der Waals surface area contributed by atoms with Gasteiger partial charge in [0.2, 0.25) is 0 Å². The largest absolute Gasteiger partial charge is 0.392 e. The molecule has 0 unspecified atom stereocenters. The van der Waals surface area contributed by atoms with Gasteiger partial charge in [-0.1, -0.05) is 30.3 Å². The highest BCUT2D eigenvalue weighted by Gasteiger charge is 2.07. The van der Waals surface area contributed by atoms with Crippen molar-refractivity contribution in [3.05, 3.63) is 53.6 Å². The van der Waals surface area contributed by atoms with Crippen LogP contribution in [0.1, 0.15) is 15.9 Å². The van der Waals surface area contributed by atoms with Crippen molar-refractivity contribution in [2.75, 3.05) is 6.26 Å². The predicted octanol–water partition coefficient (Wildman–Crippen LogP) is 3.38. The lowest BCUT2D eigenvalue weighted by molar-refractivity contribution is 0.112. The molecule has 0 atom stereocenters. The van der Waals surface area contributed by atoms with Gasteiger partial charge < -0.3 is 5.11 Å². The van der Waals surface area contributed by atoms with Crippen molar-refractivity contribution in [3.63, 3.8) is 0 Å². The van der Waals surface area contributed by atoms with Crippen LogP contribution < -0.4 is 0 Å². The molecule has 0 saturated heterocycles. The van der Waals surface area contributed by atoms with Crippen molar-refractivity contribution >= 4 is 18.0 Å². The molecule has 2 nitrogen and oxygen atoms in total. The van der Waals surface area contributed by atoms with Crippen molar-refractivity contribution in [2.24, 2.45) is 0 Å². The van der Waals surface area contributed by atoms with Crippen LogP contribution in [0.5, 0.6) is 0 Å². The maximum absolute atomic E-state index is 11.0. The number of carbonyl (C=O) groups excluding carboxylic acids is 1. The van der Waals surface area contributed by atoms with E-state index in [1.807, 2.05) is 36.6 Å². The van der Waals surface area contributed by atoms with Gasteiger partial charge in [0.1, 0.15) is 6.29 Å². The van der Waals surface area contributed by atoms with Gasteiger partial charge in [0.25, 0.3) is 0 Å². The van der Waals surface area contributed by atoms with E-state index >= 15 is 0 Å². The molecule has 3 heteroatoms. The monoisotopic (exact) mass is 258 g/mol. The molecule has 0 saturated carbocycles. The Kier molecular flexibility index (Phi) is 4.18. The van der Waals surface area contributed by atoms with Gasteiger partial charge in [-0.2, -0.15) is 0 Å². The van der Waals surface area contributed by atoms with Gasteiger partial charge in [0, 0.05) is 10.5 Å². The van der Waals surface area contributed by atoms with E-state index in [-0.39, 0.29) is 6.61 Å². The summed E-state index contributed by atoms with van der Waals surface area (Å²) in [6, 6.07) is 13.6. The molecule has 92 valence electrons. The van der Waals surface area contributed by atoms with Crippen molar-refractivity contribution in [1.82, 2.24) is 0 Å². The van der Waals surface area contributed by atoms with E-state index in [1.54, 1.807) is 17.8 Å². The van der Waals surface area contributed by atoms with Crippen molar-refractivity contribution in [3.8, 4) is 11.1 Å². The molecule has 2 aromatic carbocycles. The third kappa shape index (κ3) is 2.47. The number of benzene rings is 2. The topological polar surface area (TPSA) is 37.3 Å². The Bertz CT molecular complexity index is 564. The summed E-state index contributed by atoms with van der Waals surface area (Å²) in [5.41, 5.74) is 3.32. The van der Waals surface area contributed by atoms with Crippen LogP contribution in [-0.4, -0.2) is 17.6 Å². The molecule has 0 heterocycles. The van der Waals surface area contributed by atoms with Gasteiger partial charge in [0.15, 0.2) is 0 Å². The molecular formula is C15H14O2S. The SMILES string of the molecule is CSc1ccccc1-c1ccc(CO)c(C=O)c1. The molecule has 0 aliphatic carbocycles. The highest BCUT2D eigenvalue weighted by Crippen LogP contribution is 2.30. The molecular weight excluding hydrogens is 244 g/mol. The smallest absolute Gasteiger partial charge is 0.150 e. The van der Waals surface area contributed by atoms with Gasteiger partial charge in [-0.05, 0) is 35.1 Å². The number of hydrogen-bond donors (Lipinski definition) is 1. The average Bonchev–Trinajstić information content (AvgIpc) is 2.46. The normalized spacial score (nSPS) is 10.3. The number of aliphatic hydroxyl groups excluding tert-OH is 1. The molecule has 0 amide bonds. The fourth-order valence-corrected chi connectivity index (χ4v) is 2.52. The molecule has 0 aliphatic rings. The van der Waals surface area contributed by atoms with Crippen LogP contribution >= 0.6 is 11.8 Å². The lowest BCUT2D eigenvalue weighted by Crippen LogP contribution is -1.93. The summed E-state index contributed by atoms with van der Waals surface area (Å²) < 4.78 is 0. The minimum Gasteiger partial charge on any atom is -0.392 e. The molecule has 0 bridgehead atoms. The highest BCUT2D eigenvalue weighted by atomic mass is 32.2. The fourth-order valence-electron chi connectivity index (χ4n) is 1.90. The first-order chi connectivity index (χ1) is 8.80. The van der Waals surface area contributed by atoms with Crippen LogP contribution in [0.3, 0.4) is 0 Å². The summed E-state index contributed by atoms with van der Waals surface area (Å²) in [5, 5.41) is 9.15. The van der Waals surface area contributed by atoms with E-state index in [4.69, 9.17) is 5.11 Å². The zero-order chi connectivity index (χ0) is 13.0. The first-order valence-corrected chi connectivity index (χ1v) is 6.85. The Morgan fingerprint density at radius 3 is 2.67 bits per heavy atom. The molecule has 2 rings (SSSR count). The van der Waals surface area contributed by atoms with Crippen LogP contribution in [0, 0.1) is 0 Å². The molecule has 0 aliphatic heterocycles. The van der Waals surface area contributed by atoms with E-state index in [2.05, 4.69) is 6.07 Å². The van der Waals surface area contributed by atoms with E-state index in [1.165, 1.54) is 4.90 Å². The summed E-state index contributed by atoms with van der Waals surface area (Å²) in [4.78, 5) is 12.2. The van der Waals surface area contributed by atoms with Crippen LogP contribution in [0.4, 0.5) is 0 Å². The number of thioether (sulfide) groups is 1. The Labute approximate surface area is 111 Å². The van der Waals surface area contributed by atoms with E-state index in [9.17, 15) is 4.79 Å². The molecule has 18 heavy (non-hydrogen) atoms. The number of carbonyl (C=O) groups is 1. The minimum atomic E-state index is -0.113. The lowest BCUT2D eigenvalue weighted by Gasteiger charge is -2.09. The van der Waals surface area contributed by atoms with Gasteiger partial charge >= 0.3 is 0 Å². The fraction of sp³-hybridized carbons (Fsp3) is 0.133. The first kappa shape index (κ1) is 12.9. The van der Waals surface area contributed by atoms with Gasteiger partial charge in [-0.3, -0.25) is 4.79 Å². The number of aldehydes is 1. The van der Waals surface area contributed by atoms with Crippen LogP contribution in [-0.2, 0) is 6.61 Å². The molecule has 2 aromatic rings. The van der Waals surface area contributed by atoms with Gasteiger partial charge in [-0.25, -0.2) is 0 Å². The van der Waals surface area contributed by atoms with Gasteiger partial charge in [-0.15, -0.1) is 11.8 Å². The second-order valence-electron chi connectivity index (χ2n) is 3.89. The molecule has 0 fully saturated rings.